The van der Waals surface area contributed by atoms with Crippen molar-refractivity contribution in [1.82, 2.24) is 54.2 Å². The van der Waals surface area contributed by atoms with Gasteiger partial charge in [-0.25, -0.2) is 24.4 Å². The van der Waals surface area contributed by atoms with Crippen LogP contribution in [0.5, 0.6) is 0 Å². The second-order valence-corrected chi connectivity index (χ2v) is 22.7. The fourth-order valence-electron chi connectivity index (χ4n) is 2.86. The minimum absolute atomic E-state index is 0.0185. The largest absolute Gasteiger partial charge is 0.507 e. The molecule has 0 atom stereocenters. The van der Waals surface area contributed by atoms with Crippen LogP contribution in [0.1, 0.15) is 0 Å². The minimum Gasteiger partial charge on any atom is -0.474 e. The number of anilines is 3. The van der Waals surface area contributed by atoms with Crippen LogP contribution in [-0.4, -0.2) is 364 Å². The van der Waals surface area contributed by atoms with Crippen LogP contribution in [0.25, 0.3) is 0 Å². The number of ether oxygens (including phenoxy) is 4. The molecule has 33 nitrogen and oxygen atoms in total. The quantitative estimate of drug-likeness (QED) is 0.139. The molecule has 1 aromatic heterocycles. The standard InChI is InChI=1S/C9H18N6.C5H12N2O.C5H12N2S.C4H9NO2.2C4H9NOS.C4H9NS2.C3H6N2.C3H6O3.C2H6O4S.C2H6O3S.C2H6O2S/c1-13(2)7-10-8(14(3)4)12-9(11-7)15(5)6;2*1-6(2)5(8)7(3)4;2*1-5(2)4(6)7-3;1-5(2)4(7)6-3;1-5(2)4(6)7-3;1-4-3-5-2;1-5-3(4)6-2;1-5-7(3,4)6-2;1-4-6(3)5-2;1-3-5-4-2/h1-6H3;2*1-4H3;4*1-3H3;1-2H3;1-2H3;1-2H3;1-2H3;1-2H3. The van der Waals surface area contributed by atoms with Crippen LogP contribution >= 0.6 is 72.5 Å². The van der Waals surface area contributed by atoms with Crippen molar-refractivity contribution in [3.63, 3.8) is 0 Å². The molecule has 0 unspecified atom stereocenters. The Labute approximate surface area is 560 Å². The van der Waals surface area contributed by atoms with Crippen molar-refractivity contribution in [2.24, 2.45) is 9.98 Å². The first-order valence-electron chi connectivity index (χ1n) is 24.0. The highest BCUT2D eigenvalue weighted by molar-refractivity contribution is 8.22. The summed E-state index contributed by atoms with van der Waals surface area (Å²) < 4.78 is 72.4. The summed E-state index contributed by atoms with van der Waals surface area (Å²) in [4.78, 5) is 79.9. The van der Waals surface area contributed by atoms with Gasteiger partial charge in [-0.15, -0.1) is 11.8 Å². The molecule has 0 saturated heterocycles. The first-order valence-corrected chi connectivity index (χ1v) is 30.7. The van der Waals surface area contributed by atoms with Gasteiger partial charge in [0.25, 0.3) is 10.4 Å². The lowest BCUT2D eigenvalue weighted by atomic mass is 10.7. The monoisotopic (exact) mass is 1420 g/mol. The second kappa shape index (κ2) is 73.0. The summed E-state index contributed by atoms with van der Waals surface area (Å²) in [5.41, 5.74) is 0. The Kier molecular flexibility index (Phi) is 89.5. The summed E-state index contributed by atoms with van der Waals surface area (Å²) in [5, 5.41) is 1.46. The number of aliphatic imine (C=N–C) groups is 2. The fraction of sp³-hybridized carbons (Fsp3) is 0.766. The fourth-order valence-corrected chi connectivity index (χ4v) is 4.00. The first kappa shape index (κ1) is 108. The molecule has 4 amide bonds. The number of carbonyl (C=O) groups excluding carboxylic acids is 4. The predicted octanol–water partition coefficient (Wildman–Crippen LogP) is 4.76. The van der Waals surface area contributed by atoms with Crippen LogP contribution in [0, 0.1) is 0 Å². The van der Waals surface area contributed by atoms with Gasteiger partial charge >= 0.3 is 40.0 Å². The van der Waals surface area contributed by atoms with E-state index in [2.05, 4.69) is 87.2 Å². The van der Waals surface area contributed by atoms with Crippen LogP contribution in [0.4, 0.5) is 37.0 Å². The Balaban J connectivity index is -0.0000000829. The van der Waals surface area contributed by atoms with Crippen LogP contribution in [-0.2, 0) is 65.8 Å². The number of carbonyl (C=O) groups is 4. The molecular formula is C47H108N16O17S8. The second-order valence-electron chi connectivity index (χ2n) is 16.4. The smallest absolute Gasteiger partial charge is 0.474 e. The number of nitrogens with zero attached hydrogens (tertiary/aromatic N) is 16. The molecular weight excluding hydrogens is 1320 g/mol. The summed E-state index contributed by atoms with van der Waals surface area (Å²) in [6, 6.07) is 2.38. The van der Waals surface area contributed by atoms with Gasteiger partial charge in [-0.3, -0.25) is 29.9 Å². The van der Waals surface area contributed by atoms with E-state index >= 15 is 0 Å². The summed E-state index contributed by atoms with van der Waals surface area (Å²) in [6.45, 7) is 0. The number of urea groups is 1. The summed E-state index contributed by atoms with van der Waals surface area (Å²) in [6.07, 6.45) is 2.76. The lowest BCUT2D eigenvalue weighted by Gasteiger charge is -2.20. The van der Waals surface area contributed by atoms with Crippen LogP contribution in [0.15, 0.2) is 9.98 Å². The molecule has 526 valence electrons. The van der Waals surface area contributed by atoms with Crippen LogP contribution in [0.2, 0.25) is 0 Å². The van der Waals surface area contributed by atoms with Gasteiger partial charge in [0.1, 0.15) is 4.32 Å². The Bertz CT molecular complexity index is 1870. The van der Waals surface area contributed by atoms with Gasteiger partial charge in [0, 0.05) is 169 Å². The average Bonchev–Trinajstić information content (AvgIpc) is 3.48. The van der Waals surface area contributed by atoms with Gasteiger partial charge < -0.3 is 72.8 Å². The zero-order valence-corrected chi connectivity index (χ0v) is 65.4. The molecule has 41 heteroatoms. The maximum absolute atomic E-state index is 10.7. The highest BCUT2D eigenvalue weighted by Crippen LogP contribution is 2.14. The van der Waals surface area contributed by atoms with E-state index in [-0.39, 0.29) is 17.4 Å². The number of hydrogen-bond donors (Lipinski definition) is 0. The van der Waals surface area contributed by atoms with E-state index in [4.69, 9.17) is 24.4 Å². The van der Waals surface area contributed by atoms with Gasteiger partial charge in [-0.1, -0.05) is 24.0 Å². The zero-order valence-electron chi connectivity index (χ0n) is 58.9. The van der Waals surface area contributed by atoms with Crippen molar-refractivity contribution in [1.29, 1.82) is 0 Å². The zero-order chi connectivity index (χ0) is 72.6. The van der Waals surface area contributed by atoms with Gasteiger partial charge in [0.05, 0.1) is 77.1 Å². The molecule has 0 aliphatic carbocycles. The lowest BCUT2D eigenvalue weighted by molar-refractivity contribution is 0.0924. The number of hydrogen-bond acceptors (Lipinski definition) is 31. The molecule has 1 rings (SSSR count). The molecule has 0 aliphatic heterocycles. The maximum Gasteiger partial charge on any atom is 0.507 e. The van der Waals surface area contributed by atoms with Crippen molar-refractivity contribution in [3.8, 4) is 0 Å². The topological polar surface area (TPSA) is 311 Å². The number of amides is 4. The van der Waals surface area contributed by atoms with Crippen LogP contribution in [0.3, 0.4) is 0 Å². The van der Waals surface area contributed by atoms with E-state index in [0.29, 0.717) is 23.0 Å². The number of thiocarbonyl (C=S) groups is 3. The van der Waals surface area contributed by atoms with Gasteiger partial charge in [0.15, 0.2) is 17.4 Å². The number of methoxy groups -OCH3 is 4. The minimum atomic E-state index is -3.66. The van der Waals surface area contributed by atoms with E-state index < -0.39 is 27.9 Å². The number of aromatic nitrogens is 3. The Morgan fingerprint density at radius 2 is 0.807 bits per heavy atom. The van der Waals surface area contributed by atoms with Crippen molar-refractivity contribution in [2.45, 2.75) is 0 Å². The average molecular weight is 1430 g/mol. The molecule has 1 aromatic rings. The third kappa shape index (κ3) is 87.7. The van der Waals surface area contributed by atoms with Crippen molar-refractivity contribution >= 4 is 156 Å². The predicted molar refractivity (Wildman–Crippen MR) is 375 cm³/mol. The Hall–Kier alpha value is -4.75. The highest BCUT2D eigenvalue weighted by atomic mass is 32.3. The normalized spacial score (nSPS) is 8.69. The van der Waals surface area contributed by atoms with E-state index in [9.17, 15) is 31.8 Å². The molecule has 0 radical (unpaired) electrons. The first-order chi connectivity index (χ1) is 40.3. The summed E-state index contributed by atoms with van der Waals surface area (Å²) in [7, 11) is 53.2. The van der Waals surface area contributed by atoms with E-state index in [1.54, 1.807) is 120 Å². The number of rotatable bonds is 9. The van der Waals surface area contributed by atoms with Crippen molar-refractivity contribution in [2.75, 3.05) is 267 Å². The van der Waals surface area contributed by atoms with E-state index in [1.807, 2.05) is 134 Å². The van der Waals surface area contributed by atoms with Gasteiger partial charge in [-0.2, -0.15) is 27.6 Å². The molecule has 0 bridgehead atoms. The molecule has 0 N–H and O–H groups in total. The van der Waals surface area contributed by atoms with Crippen LogP contribution < -0.4 is 14.7 Å². The summed E-state index contributed by atoms with van der Waals surface area (Å²) >= 11 is 16.7. The van der Waals surface area contributed by atoms with Crippen molar-refractivity contribution in [3.05, 3.63) is 0 Å². The Morgan fingerprint density at radius 3 is 0.830 bits per heavy atom. The van der Waals surface area contributed by atoms with Gasteiger partial charge in [-0.05, 0) is 36.9 Å². The molecule has 0 fully saturated rings. The third-order valence-corrected chi connectivity index (χ3v) is 12.0. The van der Waals surface area contributed by atoms with Gasteiger partial charge in [0.2, 0.25) is 17.8 Å². The Morgan fingerprint density at radius 1 is 0.477 bits per heavy atom. The van der Waals surface area contributed by atoms with E-state index in [0.717, 1.165) is 36.0 Å². The highest BCUT2D eigenvalue weighted by Gasteiger charge is 2.10. The molecule has 88 heavy (non-hydrogen) atoms. The molecule has 0 spiro atoms. The third-order valence-electron chi connectivity index (χ3n) is 6.84. The van der Waals surface area contributed by atoms with E-state index in [1.165, 1.54) is 62.0 Å². The maximum atomic E-state index is 10.7. The summed E-state index contributed by atoms with van der Waals surface area (Å²) in [5.74, 6) is 1.99. The molecule has 0 aliphatic rings. The lowest BCUT2D eigenvalue weighted by Crippen LogP contribution is -2.33. The van der Waals surface area contributed by atoms with Crippen molar-refractivity contribution < 1.29 is 75.9 Å². The molecule has 0 saturated carbocycles. The number of thioether (sulfide) groups is 2. The molecule has 0 aromatic carbocycles. The SMILES string of the molecule is CN(C)C(=O)N(C)C.CN(C)C(=S)N(C)C.CN(C)c1nc(N(C)C)nc(N(C)C)n1.CN=C=NC.COC(=O)N(C)C.COC(=O)OC.COC(=S)N(C)C.COS(=O)(=O)OC.COS(=O)OC.COSOC.CSC(=O)N(C)C.CSC(=S)N(C)C. The molecule has 1 heterocycles.